The van der Waals surface area contributed by atoms with Gasteiger partial charge in [-0.2, -0.15) is 0 Å². The minimum atomic E-state index is -0.322. The first-order valence-electron chi connectivity index (χ1n) is 7.00. The molecular formula is C14H26O2. The van der Waals surface area contributed by atoms with E-state index >= 15 is 0 Å². The summed E-state index contributed by atoms with van der Waals surface area (Å²) in [5.41, 5.74) is 0. The van der Waals surface area contributed by atoms with Gasteiger partial charge in [-0.3, -0.25) is 0 Å². The predicted octanol–water partition coefficient (Wildman–Crippen LogP) is 2.99. The smallest absolute Gasteiger partial charge is 0.0831 e. The summed E-state index contributed by atoms with van der Waals surface area (Å²) in [5.74, 6) is 2.86. The topological polar surface area (TPSA) is 29.5 Å². The largest absolute Gasteiger partial charge is 0.391 e. The van der Waals surface area contributed by atoms with Gasteiger partial charge >= 0.3 is 0 Å². The van der Waals surface area contributed by atoms with Gasteiger partial charge in [0.1, 0.15) is 0 Å². The molecule has 0 aliphatic heterocycles. The van der Waals surface area contributed by atoms with E-state index in [2.05, 4.69) is 6.92 Å². The third-order valence-electron chi connectivity index (χ3n) is 4.31. The Morgan fingerprint density at radius 1 is 1.25 bits per heavy atom. The highest BCUT2D eigenvalue weighted by Crippen LogP contribution is 2.51. The maximum atomic E-state index is 9.61. The molecule has 0 saturated heterocycles. The van der Waals surface area contributed by atoms with E-state index in [1.165, 1.54) is 25.7 Å². The number of ether oxygens (including phenoxy) is 1. The SMILES string of the molecule is CCCC(OCC1CCC2CC2C1)[C@H](C)O. The lowest BCUT2D eigenvalue weighted by Crippen LogP contribution is -2.29. The molecule has 0 aromatic carbocycles. The van der Waals surface area contributed by atoms with E-state index in [9.17, 15) is 5.11 Å². The molecule has 16 heavy (non-hydrogen) atoms. The second-order valence-electron chi connectivity index (χ2n) is 5.84. The molecular weight excluding hydrogens is 200 g/mol. The van der Waals surface area contributed by atoms with Gasteiger partial charge in [-0.1, -0.05) is 13.3 Å². The summed E-state index contributed by atoms with van der Waals surface area (Å²) in [6, 6.07) is 0. The van der Waals surface area contributed by atoms with Crippen molar-refractivity contribution in [3.8, 4) is 0 Å². The van der Waals surface area contributed by atoms with Gasteiger partial charge in [0.2, 0.25) is 0 Å². The summed E-state index contributed by atoms with van der Waals surface area (Å²) >= 11 is 0. The quantitative estimate of drug-likeness (QED) is 0.754. The second-order valence-corrected chi connectivity index (χ2v) is 5.84. The maximum absolute atomic E-state index is 9.61. The zero-order valence-corrected chi connectivity index (χ0v) is 10.7. The lowest BCUT2D eigenvalue weighted by molar-refractivity contribution is -0.0505. The van der Waals surface area contributed by atoms with Gasteiger partial charge in [0, 0.05) is 6.61 Å². The van der Waals surface area contributed by atoms with Gasteiger partial charge in [0.25, 0.3) is 0 Å². The Kier molecular flexibility index (Phi) is 4.26. The third kappa shape index (κ3) is 3.21. The van der Waals surface area contributed by atoms with Crippen LogP contribution >= 0.6 is 0 Å². The van der Waals surface area contributed by atoms with Crippen LogP contribution in [-0.2, 0) is 4.74 Å². The van der Waals surface area contributed by atoms with Crippen LogP contribution in [0.2, 0.25) is 0 Å². The van der Waals surface area contributed by atoms with Crippen molar-refractivity contribution in [2.75, 3.05) is 6.61 Å². The first-order chi connectivity index (χ1) is 7.70. The van der Waals surface area contributed by atoms with Crippen molar-refractivity contribution in [1.82, 2.24) is 0 Å². The molecule has 2 fully saturated rings. The highest BCUT2D eigenvalue weighted by Gasteiger charge is 2.41. The van der Waals surface area contributed by atoms with Gasteiger partial charge in [-0.25, -0.2) is 0 Å². The van der Waals surface area contributed by atoms with E-state index in [0.717, 1.165) is 37.2 Å². The molecule has 2 saturated carbocycles. The molecule has 2 aliphatic carbocycles. The maximum Gasteiger partial charge on any atom is 0.0831 e. The van der Waals surface area contributed by atoms with E-state index in [4.69, 9.17) is 4.74 Å². The van der Waals surface area contributed by atoms with E-state index in [1.807, 2.05) is 6.92 Å². The Morgan fingerprint density at radius 2 is 2.06 bits per heavy atom. The van der Waals surface area contributed by atoms with Crippen LogP contribution in [0.1, 0.15) is 52.4 Å². The molecule has 94 valence electrons. The van der Waals surface area contributed by atoms with Crippen LogP contribution in [0.25, 0.3) is 0 Å². The van der Waals surface area contributed by atoms with Crippen LogP contribution in [0, 0.1) is 17.8 Å². The van der Waals surface area contributed by atoms with Crippen LogP contribution < -0.4 is 0 Å². The summed E-state index contributed by atoms with van der Waals surface area (Å²) in [6.07, 6.45) is 7.43. The molecule has 0 aromatic rings. The van der Waals surface area contributed by atoms with Crippen LogP contribution in [0.15, 0.2) is 0 Å². The monoisotopic (exact) mass is 226 g/mol. The number of aliphatic hydroxyl groups is 1. The second kappa shape index (κ2) is 5.50. The fraction of sp³-hybridized carbons (Fsp3) is 1.00. The number of fused-ring (bicyclic) bond motifs is 1. The molecule has 2 heteroatoms. The van der Waals surface area contributed by atoms with Gasteiger partial charge < -0.3 is 9.84 Å². The summed E-state index contributed by atoms with van der Waals surface area (Å²) in [5, 5.41) is 9.61. The lowest BCUT2D eigenvalue weighted by atomic mass is 9.90. The normalized spacial score (nSPS) is 36.6. The fourth-order valence-corrected chi connectivity index (χ4v) is 3.11. The Labute approximate surface area is 99.4 Å². The van der Waals surface area contributed by atoms with Crippen molar-refractivity contribution in [2.24, 2.45) is 17.8 Å². The standard InChI is InChI=1S/C14H26O2/c1-3-4-14(10(2)15)16-9-11-5-6-12-8-13(12)7-11/h10-15H,3-9H2,1-2H3/t10-,11?,12?,13?,14?/m0/s1. The zero-order valence-electron chi connectivity index (χ0n) is 10.7. The van der Waals surface area contributed by atoms with Crippen molar-refractivity contribution in [2.45, 2.75) is 64.6 Å². The van der Waals surface area contributed by atoms with Gasteiger partial charge in [0.15, 0.2) is 0 Å². The highest BCUT2D eigenvalue weighted by atomic mass is 16.5. The van der Waals surface area contributed by atoms with Crippen molar-refractivity contribution in [3.63, 3.8) is 0 Å². The molecule has 4 unspecified atom stereocenters. The van der Waals surface area contributed by atoms with E-state index in [-0.39, 0.29) is 12.2 Å². The molecule has 0 bridgehead atoms. The van der Waals surface area contributed by atoms with Gasteiger partial charge in [0.05, 0.1) is 12.2 Å². The zero-order chi connectivity index (χ0) is 11.5. The number of hydrogen-bond acceptors (Lipinski definition) is 2. The molecule has 0 spiro atoms. The number of hydrogen-bond donors (Lipinski definition) is 1. The van der Waals surface area contributed by atoms with E-state index in [1.54, 1.807) is 0 Å². The Bertz CT molecular complexity index is 215. The molecule has 2 aliphatic rings. The van der Waals surface area contributed by atoms with E-state index in [0.29, 0.717) is 0 Å². The summed E-state index contributed by atoms with van der Waals surface area (Å²) in [7, 11) is 0. The number of rotatable bonds is 6. The van der Waals surface area contributed by atoms with Crippen molar-refractivity contribution < 1.29 is 9.84 Å². The molecule has 1 N–H and O–H groups in total. The van der Waals surface area contributed by atoms with Crippen LogP contribution in [0.3, 0.4) is 0 Å². The highest BCUT2D eigenvalue weighted by molar-refractivity contribution is 4.92. The van der Waals surface area contributed by atoms with Crippen molar-refractivity contribution >= 4 is 0 Å². The average molecular weight is 226 g/mol. The Balaban J connectivity index is 1.68. The Morgan fingerprint density at radius 3 is 2.69 bits per heavy atom. The Hall–Kier alpha value is -0.0800. The first-order valence-corrected chi connectivity index (χ1v) is 7.00. The molecule has 0 amide bonds. The average Bonchev–Trinajstić information content (AvgIpc) is 3.01. The predicted molar refractivity (Wildman–Crippen MR) is 65.3 cm³/mol. The minimum absolute atomic E-state index is 0.0573. The van der Waals surface area contributed by atoms with Crippen LogP contribution in [0.4, 0.5) is 0 Å². The number of aliphatic hydroxyl groups excluding tert-OH is 1. The summed E-state index contributed by atoms with van der Waals surface area (Å²) in [4.78, 5) is 0. The van der Waals surface area contributed by atoms with E-state index < -0.39 is 0 Å². The lowest BCUT2D eigenvalue weighted by Gasteiger charge is -2.26. The molecule has 2 rings (SSSR count). The molecule has 2 nitrogen and oxygen atoms in total. The molecule has 0 radical (unpaired) electrons. The molecule has 0 heterocycles. The third-order valence-corrected chi connectivity index (χ3v) is 4.31. The first kappa shape index (κ1) is 12.4. The van der Waals surface area contributed by atoms with Gasteiger partial charge in [-0.15, -0.1) is 0 Å². The minimum Gasteiger partial charge on any atom is -0.391 e. The van der Waals surface area contributed by atoms with Crippen molar-refractivity contribution in [3.05, 3.63) is 0 Å². The fourth-order valence-electron chi connectivity index (χ4n) is 3.11. The molecule has 5 atom stereocenters. The van der Waals surface area contributed by atoms with Crippen molar-refractivity contribution in [1.29, 1.82) is 0 Å². The summed E-state index contributed by atoms with van der Waals surface area (Å²) in [6.45, 7) is 4.87. The van der Waals surface area contributed by atoms with Crippen LogP contribution in [-0.4, -0.2) is 23.9 Å². The van der Waals surface area contributed by atoms with Crippen LogP contribution in [0.5, 0.6) is 0 Å². The summed E-state index contributed by atoms with van der Waals surface area (Å²) < 4.78 is 5.90. The van der Waals surface area contributed by atoms with Gasteiger partial charge in [-0.05, 0) is 56.8 Å². The molecule has 0 aromatic heterocycles.